The van der Waals surface area contributed by atoms with E-state index in [1.54, 1.807) is 18.2 Å². The minimum Gasteiger partial charge on any atom is -0.459 e. The van der Waals surface area contributed by atoms with Crippen molar-refractivity contribution in [1.29, 1.82) is 0 Å². The van der Waals surface area contributed by atoms with Gasteiger partial charge < -0.3 is 4.74 Å². The van der Waals surface area contributed by atoms with Gasteiger partial charge in [0.15, 0.2) is 0 Å². The lowest BCUT2D eigenvalue weighted by Crippen LogP contribution is -2.36. The van der Waals surface area contributed by atoms with E-state index in [9.17, 15) is 9.59 Å². The lowest BCUT2D eigenvalue weighted by molar-refractivity contribution is -0.156. The fraction of sp³-hybridized carbons (Fsp3) is 0.467. The van der Waals surface area contributed by atoms with Crippen molar-refractivity contribution < 1.29 is 14.3 Å². The molecule has 0 aliphatic carbocycles. The van der Waals surface area contributed by atoms with Gasteiger partial charge in [0.05, 0.1) is 0 Å². The molecule has 19 heavy (non-hydrogen) atoms. The zero-order chi connectivity index (χ0) is 14.7. The standard InChI is InChI=1S/C15H20O3S/c1-14(2,3)18-13(17)15(4,5)19-12-8-6-7-11(9-12)10-16/h6-10H,1-5H3. The molecule has 0 aliphatic heterocycles. The van der Waals surface area contributed by atoms with E-state index in [0.29, 0.717) is 5.56 Å². The number of aldehydes is 1. The Balaban J connectivity index is 2.83. The molecule has 0 aromatic heterocycles. The topological polar surface area (TPSA) is 43.4 Å². The second kappa shape index (κ2) is 5.78. The number of carbonyl (C=O) groups is 2. The van der Waals surface area contributed by atoms with Gasteiger partial charge in [-0.2, -0.15) is 0 Å². The highest BCUT2D eigenvalue weighted by Crippen LogP contribution is 2.34. The molecule has 3 nitrogen and oxygen atoms in total. The van der Waals surface area contributed by atoms with E-state index in [1.807, 2.05) is 40.7 Å². The number of ether oxygens (including phenoxy) is 1. The molecule has 0 fully saturated rings. The largest absolute Gasteiger partial charge is 0.459 e. The van der Waals surface area contributed by atoms with Gasteiger partial charge in [-0.15, -0.1) is 11.8 Å². The molecule has 4 heteroatoms. The van der Waals surface area contributed by atoms with E-state index >= 15 is 0 Å². The Morgan fingerprint density at radius 2 is 1.84 bits per heavy atom. The zero-order valence-electron chi connectivity index (χ0n) is 12.0. The molecule has 0 saturated carbocycles. The second-order valence-corrected chi connectivity index (χ2v) is 7.50. The zero-order valence-corrected chi connectivity index (χ0v) is 12.8. The van der Waals surface area contributed by atoms with Crippen LogP contribution in [-0.2, 0) is 9.53 Å². The summed E-state index contributed by atoms with van der Waals surface area (Å²) in [7, 11) is 0. The number of thioether (sulfide) groups is 1. The first-order valence-corrected chi connectivity index (χ1v) is 6.93. The van der Waals surface area contributed by atoms with E-state index < -0.39 is 10.3 Å². The third-order valence-electron chi connectivity index (χ3n) is 2.26. The predicted octanol–water partition coefficient (Wildman–Crippen LogP) is 3.71. The average Bonchev–Trinajstić information content (AvgIpc) is 2.26. The van der Waals surface area contributed by atoms with Crippen LogP contribution in [0.1, 0.15) is 45.0 Å². The third kappa shape index (κ3) is 5.07. The molecule has 0 saturated heterocycles. The molecule has 0 aliphatic rings. The van der Waals surface area contributed by atoms with Crippen molar-refractivity contribution in [3.05, 3.63) is 29.8 Å². The summed E-state index contributed by atoms with van der Waals surface area (Å²) in [5, 5.41) is 0. The first kappa shape index (κ1) is 15.8. The number of benzene rings is 1. The molecule has 0 unspecified atom stereocenters. The molecule has 1 rings (SSSR count). The number of hydrogen-bond acceptors (Lipinski definition) is 4. The van der Waals surface area contributed by atoms with Crippen LogP contribution in [0.15, 0.2) is 29.2 Å². The molecule has 0 heterocycles. The van der Waals surface area contributed by atoms with Gasteiger partial charge in [-0.25, -0.2) is 0 Å². The van der Waals surface area contributed by atoms with E-state index in [0.717, 1.165) is 11.2 Å². The van der Waals surface area contributed by atoms with E-state index in [-0.39, 0.29) is 5.97 Å². The smallest absolute Gasteiger partial charge is 0.322 e. The summed E-state index contributed by atoms with van der Waals surface area (Å²) in [6.45, 7) is 9.18. The second-order valence-electron chi connectivity index (χ2n) is 5.80. The summed E-state index contributed by atoms with van der Waals surface area (Å²) in [5.74, 6) is -0.262. The van der Waals surface area contributed by atoms with Crippen LogP contribution < -0.4 is 0 Å². The maximum Gasteiger partial charge on any atom is 0.322 e. The van der Waals surface area contributed by atoms with Crippen molar-refractivity contribution in [1.82, 2.24) is 0 Å². The minimum absolute atomic E-state index is 0.262. The lowest BCUT2D eigenvalue weighted by atomic mass is 10.1. The van der Waals surface area contributed by atoms with Crippen molar-refractivity contribution in [2.24, 2.45) is 0 Å². The average molecular weight is 280 g/mol. The Hall–Kier alpha value is -1.29. The summed E-state index contributed by atoms with van der Waals surface area (Å²) in [4.78, 5) is 23.7. The van der Waals surface area contributed by atoms with Crippen LogP contribution in [0.2, 0.25) is 0 Å². The minimum atomic E-state index is -0.700. The Kier molecular flexibility index (Phi) is 4.80. The molecule has 104 valence electrons. The lowest BCUT2D eigenvalue weighted by Gasteiger charge is -2.28. The molecule has 0 radical (unpaired) electrons. The van der Waals surface area contributed by atoms with Crippen LogP contribution in [0.25, 0.3) is 0 Å². The van der Waals surface area contributed by atoms with Gasteiger partial charge >= 0.3 is 5.97 Å². The monoisotopic (exact) mass is 280 g/mol. The first-order chi connectivity index (χ1) is 8.64. The van der Waals surface area contributed by atoms with Crippen molar-refractivity contribution >= 4 is 24.0 Å². The Bertz CT molecular complexity index is 473. The van der Waals surface area contributed by atoms with Gasteiger partial charge in [0.25, 0.3) is 0 Å². The SMILES string of the molecule is CC(C)(C)OC(=O)C(C)(C)Sc1cccc(C=O)c1. The van der Waals surface area contributed by atoms with Crippen molar-refractivity contribution in [3.8, 4) is 0 Å². The van der Waals surface area contributed by atoms with Gasteiger partial charge in [-0.05, 0) is 46.8 Å². The fourth-order valence-corrected chi connectivity index (χ4v) is 2.44. The molecular weight excluding hydrogens is 260 g/mol. The van der Waals surface area contributed by atoms with Crippen LogP contribution in [-0.4, -0.2) is 22.6 Å². The van der Waals surface area contributed by atoms with Crippen molar-refractivity contribution in [2.45, 2.75) is 49.9 Å². The molecule has 0 bridgehead atoms. The molecule has 1 aromatic carbocycles. The Morgan fingerprint density at radius 1 is 1.21 bits per heavy atom. The molecule has 0 spiro atoms. The highest BCUT2D eigenvalue weighted by atomic mass is 32.2. The molecule has 1 aromatic rings. The van der Waals surface area contributed by atoms with Gasteiger partial charge in [0.2, 0.25) is 0 Å². The predicted molar refractivity (Wildman–Crippen MR) is 77.6 cm³/mol. The quantitative estimate of drug-likeness (QED) is 0.479. The fourth-order valence-electron chi connectivity index (χ4n) is 1.39. The summed E-state index contributed by atoms with van der Waals surface area (Å²) in [6.07, 6.45) is 0.796. The van der Waals surface area contributed by atoms with Crippen molar-refractivity contribution in [2.75, 3.05) is 0 Å². The molecular formula is C15H20O3S. The number of carbonyl (C=O) groups excluding carboxylic acids is 2. The summed E-state index contributed by atoms with van der Waals surface area (Å²) >= 11 is 1.39. The van der Waals surface area contributed by atoms with Gasteiger partial charge in [0, 0.05) is 10.5 Å². The number of rotatable bonds is 4. The molecule has 0 N–H and O–H groups in total. The van der Waals surface area contributed by atoms with E-state index in [1.165, 1.54) is 11.8 Å². The number of hydrogen-bond donors (Lipinski definition) is 0. The van der Waals surface area contributed by atoms with Crippen LogP contribution in [0.3, 0.4) is 0 Å². The van der Waals surface area contributed by atoms with Gasteiger partial charge in [-0.1, -0.05) is 12.1 Å². The van der Waals surface area contributed by atoms with Crippen LogP contribution >= 0.6 is 11.8 Å². The van der Waals surface area contributed by atoms with E-state index in [4.69, 9.17) is 4.74 Å². The van der Waals surface area contributed by atoms with Gasteiger partial charge in [0.1, 0.15) is 16.6 Å². The Morgan fingerprint density at radius 3 is 2.37 bits per heavy atom. The highest BCUT2D eigenvalue weighted by Gasteiger charge is 2.33. The number of esters is 1. The highest BCUT2D eigenvalue weighted by molar-refractivity contribution is 8.01. The summed E-state index contributed by atoms with van der Waals surface area (Å²) in [6, 6.07) is 7.18. The first-order valence-electron chi connectivity index (χ1n) is 6.12. The molecule has 0 atom stereocenters. The summed E-state index contributed by atoms with van der Waals surface area (Å²) in [5.41, 5.74) is 0.101. The third-order valence-corrected chi connectivity index (χ3v) is 3.42. The van der Waals surface area contributed by atoms with Crippen LogP contribution in [0, 0.1) is 0 Å². The maximum absolute atomic E-state index is 12.1. The van der Waals surface area contributed by atoms with Crippen LogP contribution in [0.5, 0.6) is 0 Å². The summed E-state index contributed by atoms with van der Waals surface area (Å²) < 4.78 is 4.70. The Labute approximate surface area is 118 Å². The molecule has 0 amide bonds. The maximum atomic E-state index is 12.1. The van der Waals surface area contributed by atoms with Crippen LogP contribution in [0.4, 0.5) is 0 Å². The van der Waals surface area contributed by atoms with Gasteiger partial charge in [-0.3, -0.25) is 9.59 Å². The van der Waals surface area contributed by atoms with E-state index in [2.05, 4.69) is 0 Å². The van der Waals surface area contributed by atoms with Crippen molar-refractivity contribution in [3.63, 3.8) is 0 Å². The normalized spacial score (nSPS) is 12.1.